The number of ether oxygens (including phenoxy) is 1. The third-order valence-electron chi connectivity index (χ3n) is 5.51. The van der Waals surface area contributed by atoms with Crippen molar-refractivity contribution < 1.29 is 14.6 Å². The quantitative estimate of drug-likeness (QED) is 0.365. The van der Waals surface area contributed by atoms with E-state index < -0.39 is 0 Å². The number of rotatable bonds is 5. The van der Waals surface area contributed by atoms with E-state index in [4.69, 9.17) is 16.2 Å². The number of esters is 1. The van der Waals surface area contributed by atoms with Gasteiger partial charge in [0.15, 0.2) is 0 Å². The molecule has 0 aromatic carbocycles. The van der Waals surface area contributed by atoms with E-state index in [1.807, 2.05) is 20.8 Å². The van der Waals surface area contributed by atoms with E-state index in [1.165, 1.54) is 45.4 Å². The lowest BCUT2D eigenvalue weighted by atomic mass is 9.91. The number of piperidine rings is 1. The number of nitrogens with zero attached hydrogens (tertiary/aromatic N) is 1. The van der Waals surface area contributed by atoms with Crippen LogP contribution in [0, 0.1) is 11.8 Å². The van der Waals surface area contributed by atoms with Gasteiger partial charge in [0.05, 0.1) is 12.7 Å². The first kappa shape index (κ1) is 27.6. The van der Waals surface area contributed by atoms with E-state index >= 15 is 0 Å². The summed E-state index contributed by atoms with van der Waals surface area (Å²) in [6.07, 6.45) is 11.4. The van der Waals surface area contributed by atoms with Crippen molar-refractivity contribution in [3.05, 3.63) is 23.4 Å². The number of methoxy groups -OCH3 is 1. The lowest BCUT2D eigenvalue weighted by molar-refractivity contribution is -0.136. The third kappa shape index (κ3) is 11.4. The first-order valence-electron chi connectivity index (χ1n) is 11.2. The Labute approximate surface area is 178 Å². The van der Waals surface area contributed by atoms with Gasteiger partial charge in [0.2, 0.25) is 0 Å². The zero-order chi connectivity index (χ0) is 22.2. The lowest BCUT2D eigenvalue weighted by Crippen LogP contribution is -2.49. The molecule has 2 unspecified atom stereocenters. The zero-order valence-electron chi connectivity index (χ0n) is 19.3. The highest BCUT2D eigenvalue weighted by Crippen LogP contribution is 2.22. The van der Waals surface area contributed by atoms with Gasteiger partial charge in [0, 0.05) is 31.7 Å². The summed E-state index contributed by atoms with van der Waals surface area (Å²) in [5, 5.41) is 9.31. The van der Waals surface area contributed by atoms with Crippen LogP contribution in [-0.2, 0) is 9.53 Å². The molecule has 0 bridgehead atoms. The second-order valence-electron chi connectivity index (χ2n) is 7.95. The van der Waals surface area contributed by atoms with Crippen molar-refractivity contribution in [2.45, 2.75) is 72.3 Å². The van der Waals surface area contributed by atoms with Gasteiger partial charge in [-0.25, -0.2) is 4.79 Å². The van der Waals surface area contributed by atoms with Crippen LogP contribution in [0.2, 0.25) is 0 Å². The normalized spacial score (nSPS) is 24.0. The van der Waals surface area contributed by atoms with E-state index in [2.05, 4.69) is 11.8 Å². The molecular weight excluding hydrogens is 366 g/mol. The minimum atomic E-state index is -0.360. The lowest BCUT2D eigenvalue weighted by Gasteiger charge is -2.36. The number of carbonyl (C=O) groups is 1. The average molecular weight is 412 g/mol. The molecule has 0 spiro atoms. The topological polar surface area (TPSA) is 102 Å². The predicted octanol–water partition coefficient (Wildman–Crippen LogP) is 3.20. The fraction of sp³-hybridized carbons (Fsp3) is 0.783. The second-order valence-corrected chi connectivity index (χ2v) is 7.95. The molecule has 0 radical (unpaired) electrons. The summed E-state index contributed by atoms with van der Waals surface area (Å²) in [5.41, 5.74) is 12.7. The number of allylic oxidation sites excluding steroid dienone is 2. The molecule has 0 aromatic heterocycles. The van der Waals surface area contributed by atoms with Crippen LogP contribution in [0.25, 0.3) is 0 Å². The number of carbonyl (C=O) groups excluding carboxylic acids is 1. The molecule has 2 aliphatic rings. The summed E-state index contributed by atoms with van der Waals surface area (Å²) in [4.78, 5) is 13.9. The molecule has 1 aliphatic carbocycles. The summed E-state index contributed by atoms with van der Waals surface area (Å²) in [6, 6.07) is 0.0208. The Morgan fingerprint density at radius 2 is 1.83 bits per heavy atom. The molecule has 1 saturated heterocycles. The van der Waals surface area contributed by atoms with E-state index in [-0.39, 0.29) is 24.5 Å². The van der Waals surface area contributed by atoms with Crippen LogP contribution in [0.1, 0.15) is 66.2 Å². The summed E-state index contributed by atoms with van der Waals surface area (Å²) in [5.74, 6) is 0.726. The van der Waals surface area contributed by atoms with Gasteiger partial charge in [-0.2, -0.15) is 0 Å². The Morgan fingerprint density at radius 1 is 1.21 bits per heavy atom. The van der Waals surface area contributed by atoms with E-state index in [0.29, 0.717) is 18.7 Å². The first-order valence-corrected chi connectivity index (χ1v) is 11.2. The summed E-state index contributed by atoms with van der Waals surface area (Å²) in [6.45, 7) is 10.2. The van der Waals surface area contributed by atoms with Crippen LogP contribution in [0.3, 0.4) is 0 Å². The van der Waals surface area contributed by atoms with Crippen molar-refractivity contribution in [1.29, 1.82) is 0 Å². The average Bonchev–Trinajstić information content (AvgIpc) is 2.76. The molecule has 1 saturated carbocycles. The van der Waals surface area contributed by atoms with Crippen LogP contribution in [0.5, 0.6) is 0 Å². The Morgan fingerprint density at radius 3 is 2.28 bits per heavy atom. The molecule has 6 heteroatoms. The van der Waals surface area contributed by atoms with Crippen molar-refractivity contribution in [1.82, 2.24) is 4.90 Å². The third-order valence-corrected chi connectivity index (χ3v) is 5.51. The molecule has 0 amide bonds. The van der Waals surface area contributed by atoms with Crippen molar-refractivity contribution in [2.75, 3.05) is 33.4 Å². The Hall–Kier alpha value is -1.37. The van der Waals surface area contributed by atoms with E-state index in [1.54, 1.807) is 6.08 Å². The highest BCUT2D eigenvalue weighted by atomic mass is 16.5. The summed E-state index contributed by atoms with van der Waals surface area (Å²) in [7, 11) is 1.36. The number of likely N-dealkylation sites (tertiary alicyclic amines) is 1. The van der Waals surface area contributed by atoms with Gasteiger partial charge in [0.25, 0.3) is 0 Å². The molecule has 5 N–H and O–H groups in total. The molecule has 29 heavy (non-hydrogen) atoms. The van der Waals surface area contributed by atoms with Crippen molar-refractivity contribution in [3.63, 3.8) is 0 Å². The van der Waals surface area contributed by atoms with E-state index in [0.717, 1.165) is 24.5 Å². The largest absolute Gasteiger partial charge is 0.466 e. The van der Waals surface area contributed by atoms with Crippen LogP contribution in [0.15, 0.2) is 23.4 Å². The van der Waals surface area contributed by atoms with Gasteiger partial charge in [-0.05, 0) is 43.7 Å². The number of aliphatic hydroxyl groups is 1. The molecule has 0 aromatic rings. The van der Waals surface area contributed by atoms with Gasteiger partial charge in [0.1, 0.15) is 0 Å². The molecule has 2 rings (SSSR count). The fourth-order valence-electron chi connectivity index (χ4n) is 3.63. The van der Waals surface area contributed by atoms with Gasteiger partial charge >= 0.3 is 5.97 Å². The van der Waals surface area contributed by atoms with Gasteiger partial charge in [-0.15, -0.1) is 0 Å². The van der Waals surface area contributed by atoms with Crippen molar-refractivity contribution in [2.24, 2.45) is 23.3 Å². The number of hydrogen-bond donors (Lipinski definition) is 3. The molecule has 6 nitrogen and oxygen atoms in total. The highest BCUT2D eigenvalue weighted by molar-refractivity contribution is 5.89. The fourth-order valence-corrected chi connectivity index (χ4v) is 3.63. The zero-order valence-corrected chi connectivity index (χ0v) is 19.3. The maximum atomic E-state index is 11.8. The summed E-state index contributed by atoms with van der Waals surface area (Å²) >= 11 is 0. The SMILES string of the molecule is CC.CC1CCCCC1.COC(=O)/C(=C/C(C)=C\N)CN1CCC(N)C(CO)C1. The molecule has 170 valence electrons. The number of hydrogen-bond acceptors (Lipinski definition) is 6. The Bertz CT molecular complexity index is 500. The van der Waals surface area contributed by atoms with Crippen LogP contribution < -0.4 is 11.5 Å². The number of aliphatic hydroxyl groups excluding tert-OH is 1. The molecule has 1 heterocycles. The molecular formula is C23H45N3O3. The molecule has 2 atom stereocenters. The monoisotopic (exact) mass is 411 g/mol. The predicted molar refractivity (Wildman–Crippen MR) is 121 cm³/mol. The molecule has 2 fully saturated rings. The van der Waals surface area contributed by atoms with Crippen molar-refractivity contribution >= 4 is 5.97 Å². The highest BCUT2D eigenvalue weighted by Gasteiger charge is 2.27. The first-order chi connectivity index (χ1) is 13.9. The van der Waals surface area contributed by atoms with Gasteiger partial charge in [-0.3, -0.25) is 4.90 Å². The number of nitrogens with two attached hydrogens (primary N) is 2. The summed E-state index contributed by atoms with van der Waals surface area (Å²) < 4.78 is 4.80. The maximum absolute atomic E-state index is 11.8. The van der Waals surface area contributed by atoms with Crippen LogP contribution in [-0.4, -0.2) is 55.4 Å². The Balaban J connectivity index is 0.000000722. The minimum absolute atomic E-state index is 0.0208. The Kier molecular flexibility index (Phi) is 15.7. The molecule has 1 aliphatic heterocycles. The van der Waals surface area contributed by atoms with Crippen LogP contribution >= 0.6 is 0 Å². The van der Waals surface area contributed by atoms with Crippen LogP contribution in [0.4, 0.5) is 0 Å². The van der Waals surface area contributed by atoms with E-state index in [9.17, 15) is 9.90 Å². The minimum Gasteiger partial charge on any atom is -0.466 e. The van der Waals surface area contributed by atoms with Crippen molar-refractivity contribution in [3.8, 4) is 0 Å². The van der Waals surface area contributed by atoms with Gasteiger partial charge < -0.3 is 21.3 Å². The standard InChI is InChI=1S/C14H25N3O3.C7H14.C2H6/c1-10(6-15)5-11(14(19)20-2)7-17-4-3-13(16)12(8-17)9-18;1-7-5-3-2-4-6-7;1-2/h5-6,12-13,18H,3-4,7-9,15-16H2,1-2H3;7H,2-6H2,1H3;1-2H3/b10-6-,11-5+;;. The maximum Gasteiger partial charge on any atom is 0.335 e. The smallest absolute Gasteiger partial charge is 0.335 e. The van der Waals surface area contributed by atoms with Gasteiger partial charge in [-0.1, -0.05) is 52.9 Å². The second kappa shape index (κ2) is 16.4.